The van der Waals surface area contributed by atoms with E-state index in [4.69, 9.17) is 4.98 Å². The van der Waals surface area contributed by atoms with Gasteiger partial charge in [-0.2, -0.15) is 0 Å². The number of carbonyl (C=O) groups excluding carboxylic acids is 3. The number of piperidine rings is 1. The van der Waals surface area contributed by atoms with E-state index in [2.05, 4.69) is 11.9 Å². The van der Waals surface area contributed by atoms with E-state index < -0.39 is 0 Å². The molecular weight excluding hydrogens is 366 g/mol. The van der Waals surface area contributed by atoms with Crippen LogP contribution in [0.25, 0.3) is 0 Å². The highest BCUT2D eigenvalue weighted by molar-refractivity contribution is 5.99. The number of carbonyl (C=O) groups is 3. The summed E-state index contributed by atoms with van der Waals surface area (Å²) in [6.07, 6.45) is 2.98. The molecule has 6 heteroatoms. The number of nitrogens with one attached hydrogen (secondary N) is 1. The van der Waals surface area contributed by atoms with Crippen molar-refractivity contribution in [3.05, 3.63) is 65.9 Å². The second-order valence-electron chi connectivity index (χ2n) is 7.25. The average Bonchev–Trinajstić information content (AvgIpc) is 2.73. The van der Waals surface area contributed by atoms with Crippen molar-refractivity contribution in [1.82, 2.24) is 9.88 Å². The van der Waals surface area contributed by atoms with E-state index in [9.17, 15) is 14.4 Å². The number of hydrogen-bond acceptors (Lipinski definition) is 5. The molecule has 0 unspecified atom stereocenters. The summed E-state index contributed by atoms with van der Waals surface area (Å²) in [7, 11) is 0. The van der Waals surface area contributed by atoms with Crippen LogP contribution in [0.4, 0.5) is 11.5 Å². The fourth-order valence-electron chi connectivity index (χ4n) is 3.53. The van der Waals surface area contributed by atoms with Gasteiger partial charge in [0.15, 0.2) is 11.6 Å². The van der Waals surface area contributed by atoms with Crippen LogP contribution in [0.3, 0.4) is 0 Å². The predicted octanol–water partition coefficient (Wildman–Crippen LogP) is 4.12. The standard InChI is InChI=1S/C23H25N3O3/c1-4-22(29)26-13-11-18(12-14-26)21-10-9-20(16(3)28)23(25-21)24-19-7-5-17(6-8-19)15(2)27/h4-10,18H,1,11-14H2,2-3H3,(H,24,25). The van der Waals surface area contributed by atoms with Crippen LogP contribution < -0.4 is 5.32 Å². The van der Waals surface area contributed by atoms with E-state index in [1.807, 2.05) is 6.07 Å². The van der Waals surface area contributed by atoms with Crippen molar-refractivity contribution in [3.63, 3.8) is 0 Å². The zero-order valence-electron chi connectivity index (χ0n) is 16.8. The Morgan fingerprint density at radius 2 is 1.69 bits per heavy atom. The van der Waals surface area contributed by atoms with E-state index in [0.717, 1.165) is 24.2 Å². The second kappa shape index (κ2) is 8.82. The summed E-state index contributed by atoms with van der Waals surface area (Å²) in [5.41, 5.74) is 2.81. The van der Waals surface area contributed by atoms with E-state index in [1.54, 1.807) is 35.2 Å². The van der Waals surface area contributed by atoms with Gasteiger partial charge in [0.05, 0.1) is 5.56 Å². The molecule has 1 amide bonds. The first kappa shape index (κ1) is 20.5. The van der Waals surface area contributed by atoms with Gasteiger partial charge < -0.3 is 10.2 Å². The Labute approximate surface area is 170 Å². The highest BCUT2D eigenvalue weighted by Gasteiger charge is 2.24. The van der Waals surface area contributed by atoms with Crippen LogP contribution in [0.5, 0.6) is 0 Å². The van der Waals surface area contributed by atoms with Crippen LogP contribution in [0, 0.1) is 0 Å². The maximum atomic E-state index is 12.1. The fraction of sp³-hybridized carbons (Fsp3) is 0.304. The van der Waals surface area contributed by atoms with Crippen LogP contribution in [0.1, 0.15) is 59.0 Å². The Morgan fingerprint density at radius 3 is 2.24 bits per heavy atom. The number of aromatic nitrogens is 1. The minimum absolute atomic E-state index is 0.00220. The molecule has 1 aliphatic rings. The molecule has 0 bridgehead atoms. The highest BCUT2D eigenvalue weighted by atomic mass is 16.2. The quantitative estimate of drug-likeness (QED) is 0.592. The van der Waals surface area contributed by atoms with Gasteiger partial charge in [0.25, 0.3) is 0 Å². The molecule has 2 aromatic rings. The third-order valence-electron chi connectivity index (χ3n) is 5.25. The fourth-order valence-corrected chi connectivity index (χ4v) is 3.53. The lowest BCUT2D eigenvalue weighted by atomic mass is 9.92. The number of anilines is 2. The van der Waals surface area contributed by atoms with E-state index in [0.29, 0.717) is 30.0 Å². The van der Waals surface area contributed by atoms with Gasteiger partial charge >= 0.3 is 0 Å². The third kappa shape index (κ3) is 4.77. The minimum atomic E-state index is -0.0710. The first-order valence-corrected chi connectivity index (χ1v) is 9.70. The zero-order valence-corrected chi connectivity index (χ0v) is 16.8. The molecule has 29 heavy (non-hydrogen) atoms. The molecule has 0 radical (unpaired) electrons. The van der Waals surface area contributed by atoms with Gasteiger partial charge in [-0.25, -0.2) is 4.98 Å². The molecule has 1 aliphatic heterocycles. The molecule has 1 aromatic heterocycles. The number of hydrogen-bond donors (Lipinski definition) is 1. The van der Waals surface area contributed by atoms with Gasteiger partial charge in [0.2, 0.25) is 5.91 Å². The van der Waals surface area contributed by atoms with Gasteiger partial charge in [-0.3, -0.25) is 14.4 Å². The predicted molar refractivity (Wildman–Crippen MR) is 113 cm³/mol. The molecule has 150 valence electrons. The largest absolute Gasteiger partial charge is 0.340 e. The first-order chi connectivity index (χ1) is 13.9. The summed E-state index contributed by atoms with van der Waals surface area (Å²) in [6, 6.07) is 10.8. The maximum absolute atomic E-state index is 12.1. The molecule has 3 rings (SSSR count). The average molecular weight is 391 g/mol. The molecule has 1 aromatic carbocycles. The number of rotatable bonds is 6. The van der Waals surface area contributed by atoms with Crippen molar-refractivity contribution in [2.45, 2.75) is 32.6 Å². The Hall–Kier alpha value is -3.28. The van der Waals surface area contributed by atoms with Gasteiger partial charge in [-0.1, -0.05) is 6.58 Å². The van der Waals surface area contributed by atoms with Gasteiger partial charge in [0.1, 0.15) is 5.82 Å². The summed E-state index contributed by atoms with van der Waals surface area (Å²) in [5, 5.41) is 3.21. The van der Waals surface area contributed by atoms with Crippen LogP contribution in [0.2, 0.25) is 0 Å². The Bertz CT molecular complexity index is 942. The number of amides is 1. The molecule has 0 aliphatic carbocycles. The van der Waals surface area contributed by atoms with E-state index in [1.165, 1.54) is 19.9 Å². The van der Waals surface area contributed by atoms with Crippen molar-refractivity contribution in [1.29, 1.82) is 0 Å². The molecular formula is C23H25N3O3. The molecule has 0 spiro atoms. The van der Waals surface area contributed by atoms with E-state index >= 15 is 0 Å². The monoisotopic (exact) mass is 391 g/mol. The van der Waals surface area contributed by atoms with Crippen LogP contribution >= 0.6 is 0 Å². The Kier molecular flexibility index (Phi) is 6.22. The van der Waals surface area contributed by atoms with Gasteiger partial charge in [-0.05, 0) is 69.2 Å². The molecule has 6 nitrogen and oxygen atoms in total. The van der Waals surface area contributed by atoms with Crippen molar-refractivity contribution < 1.29 is 14.4 Å². The van der Waals surface area contributed by atoms with Gasteiger partial charge in [-0.15, -0.1) is 0 Å². The smallest absolute Gasteiger partial charge is 0.245 e. The van der Waals surface area contributed by atoms with Crippen LogP contribution in [-0.2, 0) is 4.79 Å². The van der Waals surface area contributed by atoms with Crippen molar-refractivity contribution in [3.8, 4) is 0 Å². The summed E-state index contributed by atoms with van der Waals surface area (Å²) in [5.74, 6) is 0.626. The lowest BCUT2D eigenvalue weighted by Crippen LogP contribution is -2.37. The number of Topliss-reactive ketones (excluding diaryl/α,β-unsaturated/α-hetero) is 2. The summed E-state index contributed by atoms with van der Waals surface area (Å²) in [4.78, 5) is 41.8. The zero-order chi connectivity index (χ0) is 21.0. The number of likely N-dealkylation sites (tertiary alicyclic amines) is 1. The molecule has 1 fully saturated rings. The van der Waals surface area contributed by atoms with Crippen molar-refractivity contribution in [2.24, 2.45) is 0 Å². The number of nitrogens with zero attached hydrogens (tertiary/aromatic N) is 2. The molecule has 1 N–H and O–H groups in total. The molecule has 0 saturated carbocycles. The molecule has 1 saturated heterocycles. The van der Waals surface area contributed by atoms with Crippen molar-refractivity contribution >= 4 is 29.0 Å². The summed E-state index contributed by atoms with van der Waals surface area (Å²) >= 11 is 0. The second-order valence-corrected chi connectivity index (χ2v) is 7.25. The lowest BCUT2D eigenvalue weighted by Gasteiger charge is -2.31. The summed E-state index contributed by atoms with van der Waals surface area (Å²) < 4.78 is 0. The Morgan fingerprint density at radius 1 is 1.03 bits per heavy atom. The normalized spacial score (nSPS) is 14.3. The summed E-state index contributed by atoms with van der Waals surface area (Å²) in [6.45, 7) is 7.92. The van der Waals surface area contributed by atoms with Crippen LogP contribution in [-0.4, -0.2) is 40.4 Å². The minimum Gasteiger partial charge on any atom is -0.340 e. The lowest BCUT2D eigenvalue weighted by molar-refractivity contribution is -0.127. The molecule has 2 heterocycles. The number of pyridine rings is 1. The van der Waals surface area contributed by atoms with E-state index in [-0.39, 0.29) is 23.4 Å². The van der Waals surface area contributed by atoms with Gasteiger partial charge in [0, 0.05) is 36.0 Å². The SMILES string of the molecule is C=CC(=O)N1CCC(c2ccc(C(C)=O)c(Nc3ccc(C(C)=O)cc3)n2)CC1. The maximum Gasteiger partial charge on any atom is 0.245 e. The molecule has 0 atom stereocenters. The van der Waals surface area contributed by atoms with Crippen molar-refractivity contribution in [2.75, 3.05) is 18.4 Å². The Balaban J connectivity index is 1.81. The number of benzene rings is 1. The number of ketones is 2. The highest BCUT2D eigenvalue weighted by Crippen LogP contribution is 2.30. The third-order valence-corrected chi connectivity index (χ3v) is 5.25. The topological polar surface area (TPSA) is 79.4 Å². The van der Waals surface area contributed by atoms with Crippen LogP contribution in [0.15, 0.2) is 49.1 Å². The first-order valence-electron chi connectivity index (χ1n) is 9.70.